The van der Waals surface area contributed by atoms with E-state index >= 15 is 0 Å². The monoisotopic (exact) mass is 329 g/mol. The number of carboxylic acids is 1. The van der Waals surface area contributed by atoms with Gasteiger partial charge in [0.2, 0.25) is 5.91 Å². The number of amides is 1. The second kappa shape index (κ2) is 7.78. The Hall–Kier alpha value is -1.56. The van der Waals surface area contributed by atoms with Crippen LogP contribution in [0, 0.1) is 0 Å². The largest absolute Gasteiger partial charge is 0.493 e. The molecule has 0 saturated carbocycles. The van der Waals surface area contributed by atoms with Crippen molar-refractivity contribution in [2.75, 3.05) is 6.61 Å². The Morgan fingerprint density at radius 1 is 1.37 bits per heavy atom. The maximum atomic E-state index is 11.5. The Bertz CT molecular complexity index is 433. The number of halogens is 1. The molecule has 0 unspecified atom stereocenters. The van der Waals surface area contributed by atoms with Crippen molar-refractivity contribution in [3.05, 3.63) is 28.7 Å². The number of carbonyl (C=O) groups is 2. The van der Waals surface area contributed by atoms with Gasteiger partial charge in [0.25, 0.3) is 0 Å². The summed E-state index contributed by atoms with van der Waals surface area (Å²) in [6.07, 6.45) is 0.481. The smallest absolute Gasteiger partial charge is 0.326 e. The predicted octanol–water partition coefficient (Wildman–Crippen LogP) is 2.20. The molecule has 2 N–H and O–H groups in total. The third-order valence-electron chi connectivity index (χ3n) is 2.45. The molecule has 0 heterocycles. The first-order valence-electron chi connectivity index (χ1n) is 5.93. The SMILES string of the molecule is CC[C@H](NC(=O)CCOc1ccc(Br)cc1)C(=O)O. The van der Waals surface area contributed by atoms with Crippen LogP contribution in [0.25, 0.3) is 0 Å². The van der Waals surface area contributed by atoms with E-state index in [4.69, 9.17) is 9.84 Å². The van der Waals surface area contributed by atoms with Gasteiger partial charge in [0, 0.05) is 4.47 Å². The van der Waals surface area contributed by atoms with E-state index in [2.05, 4.69) is 21.2 Å². The van der Waals surface area contributed by atoms with Crippen molar-refractivity contribution < 1.29 is 19.4 Å². The molecular formula is C13H16BrNO4. The Morgan fingerprint density at radius 2 is 2.00 bits per heavy atom. The summed E-state index contributed by atoms with van der Waals surface area (Å²) in [5.41, 5.74) is 0. The molecule has 1 atom stereocenters. The van der Waals surface area contributed by atoms with E-state index in [0.29, 0.717) is 12.2 Å². The average molecular weight is 330 g/mol. The highest BCUT2D eigenvalue weighted by atomic mass is 79.9. The molecule has 6 heteroatoms. The first kappa shape index (κ1) is 15.5. The van der Waals surface area contributed by atoms with Gasteiger partial charge in [-0.15, -0.1) is 0 Å². The number of rotatable bonds is 7. The summed E-state index contributed by atoms with van der Waals surface area (Å²) in [6.45, 7) is 1.92. The molecule has 0 aliphatic heterocycles. The number of aliphatic carboxylic acids is 1. The van der Waals surface area contributed by atoms with Crippen LogP contribution < -0.4 is 10.1 Å². The van der Waals surface area contributed by atoms with Crippen LogP contribution in [-0.2, 0) is 9.59 Å². The molecular weight excluding hydrogens is 314 g/mol. The zero-order valence-corrected chi connectivity index (χ0v) is 12.1. The lowest BCUT2D eigenvalue weighted by Crippen LogP contribution is -2.40. The molecule has 0 bridgehead atoms. The van der Waals surface area contributed by atoms with Gasteiger partial charge in [0.15, 0.2) is 0 Å². The minimum absolute atomic E-state index is 0.125. The number of hydrogen-bond donors (Lipinski definition) is 2. The van der Waals surface area contributed by atoms with Crippen molar-refractivity contribution in [1.29, 1.82) is 0 Å². The maximum absolute atomic E-state index is 11.5. The van der Waals surface area contributed by atoms with Gasteiger partial charge < -0.3 is 15.2 Å². The van der Waals surface area contributed by atoms with Gasteiger partial charge >= 0.3 is 5.97 Å². The number of ether oxygens (including phenoxy) is 1. The molecule has 0 fully saturated rings. The van der Waals surface area contributed by atoms with Crippen LogP contribution in [0.3, 0.4) is 0 Å². The van der Waals surface area contributed by atoms with Gasteiger partial charge in [-0.3, -0.25) is 4.79 Å². The molecule has 1 aromatic carbocycles. The van der Waals surface area contributed by atoms with Crippen LogP contribution in [0.15, 0.2) is 28.7 Å². The highest BCUT2D eigenvalue weighted by molar-refractivity contribution is 9.10. The fourth-order valence-corrected chi connectivity index (χ4v) is 1.66. The Morgan fingerprint density at radius 3 is 2.53 bits per heavy atom. The maximum Gasteiger partial charge on any atom is 0.326 e. The van der Waals surface area contributed by atoms with Crippen molar-refractivity contribution in [3.63, 3.8) is 0 Å². The van der Waals surface area contributed by atoms with Gasteiger partial charge in [-0.2, -0.15) is 0 Å². The third-order valence-corrected chi connectivity index (χ3v) is 2.98. The summed E-state index contributed by atoms with van der Waals surface area (Å²) in [6, 6.07) is 6.42. The van der Waals surface area contributed by atoms with Crippen molar-refractivity contribution >= 4 is 27.8 Å². The minimum atomic E-state index is -1.02. The van der Waals surface area contributed by atoms with Crippen molar-refractivity contribution in [2.45, 2.75) is 25.8 Å². The van der Waals surface area contributed by atoms with Gasteiger partial charge in [0.05, 0.1) is 13.0 Å². The van der Waals surface area contributed by atoms with Crippen molar-refractivity contribution in [2.24, 2.45) is 0 Å². The average Bonchev–Trinajstić information content (AvgIpc) is 2.38. The summed E-state index contributed by atoms with van der Waals surface area (Å²) < 4.78 is 6.33. The standard InChI is InChI=1S/C13H16BrNO4/c1-2-11(13(17)18)15-12(16)7-8-19-10-5-3-9(14)4-6-10/h3-6,11H,2,7-8H2,1H3,(H,15,16)(H,17,18)/t11-/m0/s1. The van der Waals surface area contributed by atoms with Crippen LogP contribution in [0.5, 0.6) is 5.75 Å². The fraction of sp³-hybridized carbons (Fsp3) is 0.385. The molecule has 0 spiro atoms. The van der Waals surface area contributed by atoms with E-state index in [9.17, 15) is 9.59 Å². The first-order valence-corrected chi connectivity index (χ1v) is 6.72. The Labute approximate surface area is 120 Å². The highest BCUT2D eigenvalue weighted by Gasteiger charge is 2.17. The Balaban J connectivity index is 2.30. The minimum Gasteiger partial charge on any atom is -0.493 e. The molecule has 0 aromatic heterocycles. The van der Waals surface area contributed by atoms with E-state index in [-0.39, 0.29) is 18.9 Å². The first-order chi connectivity index (χ1) is 9.02. The predicted molar refractivity (Wildman–Crippen MR) is 74.1 cm³/mol. The molecule has 19 heavy (non-hydrogen) atoms. The highest BCUT2D eigenvalue weighted by Crippen LogP contribution is 2.16. The zero-order valence-electron chi connectivity index (χ0n) is 10.6. The molecule has 0 saturated heterocycles. The van der Waals surface area contributed by atoms with E-state index in [1.54, 1.807) is 19.1 Å². The number of nitrogens with one attached hydrogen (secondary N) is 1. The normalized spacial score (nSPS) is 11.7. The van der Waals surface area contributed by atoms with E-state index in [1.165, 1.54) is 0 Å². The second-order valence-electron chi connectivity index (χ2n) is 3.92. The van der Waals surface area contributed by atoms with Gasteiger partial charge in [-0.25, -0.2) is 4.79 Å². The lowest BCUT2D eigenvalue weighted by molar-refractivity contribution is -0.142. The van der Waals surface area contributed by atoms with Crippen LogP contribution in [0.1, 0.15) is 19.8 Å². The lowest BCUT2D eigenvalue weighted by atomic mass is 10.2. The lowest BCUT2D eigenvalue weighted by Gasteiger charge is -2.12. The molecule has 5 nitrogen and oxygen atoms in total. The second-order valence-corrected chi connectivity index (χ2v) is 4.83. The molecule has 0 radical (unpaired) electrons. The number of carbonyl (C=O) groups excluding carboxylic acids is 1. The van der Waals surface area contributed by atoms with Crippen LogP contribution in [0.2, 0.25) is 0 Å². The molecule has 1 rings (SSSR count). The van der Waals surface area contributed by atoms with Crippen LogP contribution in [-0.4, -0.2) is 29.6 Å². The van der Waals surface area contributed by atoms with E-state index in [0.717, 1.165) is 4.47 Å². The quantitative estimate of drug-likeness (QED) is 0.804. The molecule has 0 aliphatic rings. The van der Waals surface area contributed by atoms with Crippen LogP contribution >= 0.6 is 15.9 Å². The molecule has 1 aromatic rings. The summed E-state index contributed by atoms with van der Waals surface area (Å²) in [5, 5.41) is 11.2. The molecule has 0 aliphatic carbocycles. The summed E-state index contributed by atoms with van der Waals surface area (Å²) >= 11 is 3.31. The van der Waals surface area contributed by atoms with E-state index in [1.807, 2.05) is 12.1 Å². The number of benzene rings is 1. The van der Waals surface area contributed by atoms with Gasteiger partial charge in [-0.05, 0) is 30.7 Å². The van der Waals surface area contributed by atoms with Crippen molar-refractivity contribution in [3.8, 4) is 5.75 Å². The molecule has 104 valence electrons. The van der Waals surface area contributed by atoms with E-state index < -0.39 is 12.0 Å². The third kappa shape index (κ3) is 5.74. The zero-order chi connectivity index (χ0) is 14.3. The molecule has 1 amide bonds. The van der Waals surface area contributed by atoms with Gasteiger partial charge in [0.1, 0.15) is 11.8 Å². The summed E-state index contributed by atoms with van der Waals surface area (Å²) in [4.78, 5) is 22.2. The number of hydrogen-bond acceptors (Lipinski definition) is 3. The number of carboxylic acid groups (broad SMARTS) is 1. The fourth-order valence-electron chi connectivity index (χ4n) is 1.40. The van der Waals surface area contributed by atoms with Crippen molar-refractivity contribution in [1.82, 2.24) is 5.32 Å². The summed E-state index contributed by atoms with van der Waals surface area (Å²) in [5.74, 6) is -0.683. The summed E-state index contributed by atoms with van der Waals surface area (Å²) in [7, 11) is 0. The van der Waals surface area contributed by atoms with Crippen LogP contribution in [0.4, 0.5) is 0 Å². The van der Waals surface area contributed by atoms with Gasteiger partial charge in [-0.1, -0.05) is 22.9 Å². The topological polar surface area (TPSA) is 75.6 Å². The Kier molecular flexibility index (Phi) is 6.35.